The standard InChI is InChI=1S/C5H2Cl2OS.C2H6/c6-4-2-1-3(9-4)5(7)8;1-2/h1-2H;1-2H3. The van der Waals surface area contributed by atoms with E-state index in [1.807, 2.05) is 13.8 Å². The molecule has 4 heteroatoms. The molecule has 0 saturated carbocycles. The van der Waals surface area contributed by atoms with Gasteiger partial charge in [-0.25, -0.2) is 0 Å². The van der Waals surface area contributed by atoms with Crippen molar-refractivity contribution in [3.05, 3.63) is 21.3 Å². The second-order valence-corrected chi connectivity index (χ2v) is 3.44. The van der Waals surface area contributed by atoms with Crippen molar-refractivity contribution in [2.45, 2.75) is 13.8 Å². The molecule has 0 bridgehead atoms. The Labute approximate surface area is 79.9 Å². The second-order valence-electron chi connectivity index (χ2n) is 1.38. The lowest BCUT2D eigenvalue weighted by atomic mass is 10.5. The highest BCUT2D eigenvalue weighted by Gasteiger charge is 2.02. The predicted molar refractivity (Wildman–Crippen MR) is 50.9 cm³/mol. The summed E-state index contributed by atoms with van der Waals surface area (Å²) in [5, 5.41) is -0.452. The smallest absolute Gasteiger partial charge is 0.262 e. The first-order valence-electron chi connectivity index (χ1n) is 3.15. The molecule has 0 aliphatic rings. The summed E-state index contributed by atoms with van der Waals surface area (Å²) in [5.74, 6) is 0. The molecule has 0 spiro atoms. The van der Waals surface area contributed by atoms with E-state index in [-0.39, 0.29) is 0 Å². The fourth-order valence-electron chi connectivity index (χ4n) is 0.420. The van der Waals surface area contributed by atoms with Crippen molar-refractivity contribution in [1.29, 1.82) is 0 Å². The topological polar surface area (TPSA) is 17.1 Å². The molecule has 62 valence electrons. The van der Waals surface area contributed by atoms with Crippen LogP contribution in [0.15, 0.2) is 12.1 Å². The van der Waals surface area contributed by atoms with E-state index in [1.165, 1.54) is 11.3 Å². The van der Waals surface area contributed by atoms with Crippen LogP contribution >= 0.6 is 34.5 Å². The Hall–Kier alpha value is -0.0500. The van der Waals surface area contributed by atoms with E-state index in [0.29, 0.717) is 9.21 Å². The Bertz CT molecular complexity index is 232. The maximum Gasteiger partial charge on any atom is 0.262 e. The molecule has 1 rings (SSSR count). The van der Waals surface area contributed by atoms with Gasteiger partial charge in [0.2, 0.25) is 0 Å². The van der Waals surface area contributed by atoms with Crippen LogP contribution in [-0.4, -0.2) is 5.24 Å². The van der Waals surface area contributed by atoms with Crippen LogP contribution in [0, 0.1) is 0 Å². The van der Waals surface area contributed by atoms with E-state index in [1.54, 1.807) is 12.1 Å². The Balaban J connectivity index is 0.000000461. The summed E-state index contributed by atoms with van der Waals surface area (Å²) in [5.41, 5.74) is 0. The number of rotatable bonds is 1. The maximum absolute atomic E-state index is 10.4. The van der Waals surface area contributed by atoms with Gasteiger partial charge in [-0.2, -0.15) is 0 Å². The molecule has 11 heavy (non-hydrogen) atoms. The Kier molecular flexibility index (Phi) is 5.56. The summed E-state index contributed by atoms with van der Waals surface area (Å²) in [4.78, 5) is 10.9. The van der Waals surface area contributed by atoms with E-state index >= 15 is 0 Å². The summed E-state index contributed by atoms with van der Waals surface area (Å²) in [6, 6.07) is 3.24. The minimum Gasteiger partial charge on any atom is -0.275 e. The fraction of sp³-hybridized carbons (Fsp3) is 0.286. The molecule has 1 aromatic heterocycles. The van der Waals surface area contributed by atoms with E-state index in [9.17, 15) is 4.79 Å². The minimum absolute atomic E-state index is 0.452. The van der Waals surface area contributed by atoms with Crippen molar-refractivity contribution in [2.75, 3.05) is 0 Å². The van der Waals surface area contributed by atoms with Gasteiger partial charge in [0.1, 0.15) is 0 Å². The van der Waals surface area contributed by atoms with Gasteiger partial charge < -0.3 is 0 Å². The highest BCUT2D eigenvalue weighted by molar-refractivity contribution is 7.19. The zero-order chi connectivity index (χ0) is 8.85. The highest BCUT2D eigenvalue weighted by atomic mass is 35.5. The molecule has 0 atom stereocenters. The molecule has 0 unspecified atom stereocenters. The van der Waals surface area contributed by atoms with E-state index < -0.39 is 5.24 Å². The molecule has 0 aliphatic heterocycles. The van der Waals surface area contributed by atoms with Gasteiger partial charge >= 0.3 is 0 Å². The van der Waals surface area contributed by atoms with Gasteiger partial charge in [-0.15, -0.1) is 11.3 Å². The van der Waals surface area contributed by atoms with Crippen LogP contribution in [0.25, 0.3) is 0 Å². The Morgan fingerprint density at radius 1 is 1.45 bits per heavy atom. The van der Waals surface area contributed by atoms with Crippen molar-refractivity contribution in [2.24, 2.45) is 0 Å². The third kappa shape index (κ3) is 3.75. The van der Waals surface area contributed by atoms with Crippen LogP contribution < -0.4 is 0 Å². The molecular weight excluding hydrogens is 203 g/mol. The molecule has 1 nitrogen and oxygen atoms in total. The summed E-state index contributed by atoms with van der Waals surface area (Å²) in [7, 11) is 0. The largest absolute Gasteiger partial charge is 0.275 e. The Morgan fingerprint density at radius 3 is 2.18 bits per heavy atom. The van der Waals surface area contributed by atoms with Crippen LogP contribution in [-0.2, 0) is 0 Å². The first-order valence-corrected chi connectivity index (χ1v) is 4.72. The molecule has 0 aromatic carbocycles. The van der Waals surface area contributed by atoms with Gasteiger partial charge in [0.05, 0.1) is 9.21 Å². The lowest BCUT2D eigenvalue weighted by molar-refractivity contribution is 0.108. The second kappa shape index (κ2) is 5.58. The van der Waals surface area contributed by atoms with Crippen LogP contribution in [0.1, 0.15) is 23.5 Å². The van der Waals surface area contributed by atoms with Gasteiger partial charge in [-0.1, -0.05) is 25.4 Å². The third-order valence-electron chi connectivity index (χ3n) is 0.767. The van der Waals surface area contributed by atoms with Crippen molar-refractivity contribution in [3.63, 3.8) is 0 Å². The summed E-state index contributed by atoms with van der Waals surface area (Å²) in [6.45, 7) is 4.00. The van der Waals surface area contributed by atoms with Gasteiger partial charge in [0, 0.05) is 0 Å². The molecule has 0 radical (unpaired) electrons. The van der Waals surface area contributed by atoms with Gasteiger partial charge in [0.25, 0.3) is 5.24 Å². The monoisotopic (exact) mass is 210 g/mol. The lowest BCUT2D eigenvalue weighted by Crippen LogP contribution is -1.78. The van der Waals surface area contributed by atoms with Crippen LogP contribution in [0.2, 0.25) is 4.34 Å². The molecular formula is C7H8Cl2OS. The summed E-state index contributed by atoms with van der Waals surface area (Å²) < 4.78 is 0.582. The summed E-state index contributed by atoms with van der Waals surface area (Å²) in [6.07, 6.45) is 0. The van der Waals surface area contributed by atoms with E-state index in [4.69, 9.17) is 23.2 Å². The number of carbonyl (C=O) groups is 1. The first-order chi connectivity index (χ1) is 5.20. The molecule has 0 fully saturated rings. The quantitative estimate of drug-likeness (QED) is 0.645. The Morgan fingerprint density at radius 2 is 2.00 bits per heavy atom. The molecule has 1 heterocycles. The number of carbonyl (C=O) groups excluding carboxylic acids is 1. The predicted octanol–water partition coefficient (Wildman–Crippen LogP) is 3.81. The number of thiophene rings is 1. The first kappa shape index (κ1) is 11.0. The van der Waals surface area contributed by atoms with Crippen LogP contribution in [0.3, 0.4) is 0 Å². The fourth-order valence-corrected chi connectivity index (χ4v) is 1.47. The molecule has 0 saturated heterocycles. The van der Waals surface area contributed by atoms with Crippen molar-refractivity contribution in [1.82, 2.24) is 0 Å². The van der Waals surface area contributed by atoms with Crippen molar-refractivity contribution in [3.8, 4) is 0 Å². The van der Waals surface area contributed by atoms with Crippen molar-refractivity contribution >= 4 is 39.8 Å². The summed E-state index contributed by atoms with van der Waals surface area (Å²) >= 11 is 11.8. The number of hydrogen-bond acceptors (Lipinski definition) is 2. The van der Waals surface area contributed by atoms with Crippen LogP contribution in [0.4, 0.5) is 0 Å². The molecule has 0 aliphatic carbocycles. The van der Waals surface area contributed by atoms with Gasteiger partial charge in [-0.3, -0.25) is 4.79 Å². The van der Waals surface area contributed by atoms with Crippen molar-refractivity contribution < 1.29 is 4.79 Å². The molecule has 0 amide bonds. The minimum atomic E-state index is -0.452. The molecule has 0 N–H and O–H groups in total. The average Bonchev–Trinajstić information content (AvgIpc) is 2.40. The lowest BCUT2D eigenvalue weighted by Gasteiger charge is -1.77. The number of hydrogen-bond donors (Lipinski definition) is 0. The zero-order valence-electron chi connectivity index (χ0n) is 6.23. The van der Waals surface area contributed by atoms with E-state index in [2.05, 4.69) is 0 Å². The number of halogens is 2. The maximum atomic E-state index is 10.4. The van der Waals surface area contributed by atoms with Gasteiger partial charge in [0.15, 0.2) is 0 Å². The SMILES string of the molecule is CC.O=C(Cl)c1ccc(Cl)s1. The van der Waals surface area contributed by atoms with E-state index in [0.717, 1.165) is 0 Å². The van der Waals surface area contributed by atoms with Crippen LogP contribution in [0.5, 0.6) is 0 Å². The average molecular weight is 211 g/mol. The normalized spacial score (nSPS) is 8.36. The van der Waals surface area contributed by atoms with Gasteiger partial charge in [-0.05, 0) is 23.7 Å². The zero-order valence-corrected chi connectivity index (χ0v) is 8.56. The molecule has 1 aromatic rings. The third-order valence-corrected chi connectivity index (χ3v) is 2.31. The highest BCUT2D eigenvalue weighted by Crippen LogP contribution is 2.22.